The van der Waals surface area contributed by atoms with Gasteiger partial charge in [-0.2, -0.15) is 0 Å². The highest BCUT2D eigenvalue weighted by atomic mass is 16.5. The molecule has 6 rings (SSSR count). The first kappa shape index (κ1) is 35.7. The van der Waals surface area contributed by atoms with Crippen LogP contribution >= 0.6 is 0 Å². The molecule has 0 aliphatic carbocycles. The number of ether oxygens (including phenoxy) is 4. The van der Waals surface area contributed by atoms with Gasteiger partial charge in [0.25, 0.3) is 0 Å². The lowest BCUT2D eigenvalue weighted by Crippen LogP contribution is -2.11. The Hall–Kier alpha value is -7.60. The summed E-state index contributed by atoms with van der Waals surface area (Å²) in [4.78, 5) is 48.5. The van der Waals surface area contributed by atoms with Crippen molar-refractivity contribution >= 4 is 46.6 Å². The molecule has 0 atom stereocenters. The van der Waals surface area contributed by atoms with E-state index >= 15 is 0 Å². The van der Waals surface area contributed by atoms with Crippen LogP contribution in [0.5, 0.6) is 23.0 Å². The minimum absolute atomic E-state index is 0.299. The lowest BCUT2D eigenvalue weighted by molar-refractivity contribution is 0.0720. The van der Waals surface area contributed by atoms with Gasteiger partial charge >= 0.3 is 23.9 Å². The normalized spacial score (nSPS) is 10.2. The van der Waals surface area contributed by atoms with Gasteiger partial charge in [-0.1, -0.05) is 12.1 Å². The van der Waals surface area contributed by atoms with E-state index in [9.17, 15) is 19.2 Å². The van der Waals surface area contributed by atoms with Crippen LogP contribution in [0.25, 0.3) is 0 Å². The number of esters is 4. The van der Waals surface area contributed by atoms with Crippen LogP contribution in [0.1, 0.15) is 41.4 Å². The molecule has 0 aliphatic rings. The number of hydrogen-bond acceptors (Lipinski definition) is 12. The second-order valence-corrected chi connectivity index (χ2v) is 11.0. The lowest BCUT2D eigenvalue weighted by Gasteiger charge is -2.07. The van der Waals surface area contributed by atoms with E-state index in [-0.39, 0.29) is 0 Å². The van der Waals surface area contributed by atoms with E-state index in [2.05, 4.69) is 0 Å². The van der Waals surface area contributed by atoms with Gasteiger partial charge in [-0.15, -0.1) is 0 Å². The van der Waals surface area contributed by atoms with Gasteiger partial charge in [-0.25, -0.2) is 19.2 Å². The second kappa shape index (κ2) is 16.7. The molecule has 52 heavy (non-hydrogen) atoms. The fourth-order valence-corrected chi connectivity index (χ4v) is 4.38. The van der Waals surface area contributed by atoms with Crippen molar-refractivity contribution in [3.8, 4) is 23.0 Å². The first-order chi connectivity index (χ1) is 25.0. The number of rotatable bonds is 8. The summed E-state index contributed by atoms with van der Waals surface area (Å²) in [6.45, 7) is 0. The molecule has 0 saturated carbocycles. The summed E-state index contributed by atoms with van der Waals surface area (Å²) >= 11 is 0. The summed E-state index contributed by atoms with van der Waals surface area (Å²) < 4.78 is 21.0. The summed E-state index contributed by atoms with van der Waals surface area (Å²) in [5, 5.41) is 0. The molecule has 260 valence electrons. The van der Waals surface area contributed by atoms with Crippen molar-refractivity contribution in [3.05, 3.63) is 168 Å². The van der Waals surface area contributed by atoms with E-state index in [1.54, 1.807) is 97.1 Å². The van der Waals surface area contributed by atoms with Gasteiger partial charge in [0.15, 0.2) is 0 Å². The first-order valence-electron chi connectivity index (χ1n) is 15.5. The van der Waals surface area contributed by atoms with Gasteiger partial charge in [-0.05, 0) is 121 Å². The Morgan fingerprint density at radius 3 is 0.846 bits per heavy atom. The van der Waals surface area contributed by atoms with E-state index in [1.165, 1.54) is 48.5 Å². The van der Waals surface area contributed by atoms with Gasteiger partial charge in [0.2, 0.25) is 0 Å². The predicted molar refractivity (Wildman–Crippen MR) is 196 cm³/mol. The van der Waals surface area contributed by atoms with E-state index in [1.807, 2.05) is 0 Å². The van der Waals surface area contributed by atoms with E-state index in [4.69, 9.17) is 41.9 Å². The number of carbonyl (C=O) groups is 4. The molecule has 0 spiro atoms. The Kier molecular flexibility index (Phi) is 11.4. The van der Waals surface area contributed by atoms with Crippen molar-refractivity contribution in [2.24, 2.45) is 0 Å². The molecule has 6 aromatic rings. The van der Waals surface area contributed by atoms with Crippen molar-refractivity contribution in [3.63, 3.8) is 0 Å². The maximum Gasteiger partial charge on any atom is 0.343 e. The summed E-state index contributed by atoms with van der Waals surface area (Å²) in [7, 11) is 0. The topological polar surface area (TPSA) is 209 Å². The monoisotopic (exact) mass is 696 g/mol. The van der Waals surface area contributed by atoms with Crippen LogP contribution < -0.4 is 41.9 Å². The van der Waals surface area contributed by atoms with Gasteiger partial charge in [0.1, 0.15) is 23.0 Å². The molecule has 0 unspecified atom stereocenters. The molecule has 8 N–H and O–H groups in total. The molecule has 12 heteroatoms. The van der Waals surface area contributed by atoms with Crippen LogP contribution in [0.2, 0.25) is 0 Å². The number of nitrogens with two attached hydrogens (primary N) is 4. The number of carbonyl (C=O) groups excluding carboxylic acids is 4. The first-order valence-corrected chi connectivity index (χ1v) is 15.5. The van der Waals surface area contributed by atoms with Crippen molar-refractivity contribution in [2.45, 2.75) is 0 Å². The van der Waals surface area contributed by atoms with Gasteiger partial charge in [0, 0.05) is 34.9 Å². The number of benzene rings is 6. The number of anilines is 4. The molecule has 6 aromatic carbocycles. The molecule has 0 heterocycles. The fourth-order valence-electron chi connectivity index (χ4n) is 4.38. The molecular weight excluding hydrogens is 664 g/mol. The molecule has 12 nitrogen and oxygen atoms in total. The third-order valence-corrected chi connectivity index (χ3v) is 7.03. The Bertz CT molecular complexity index is 2030. The van der Waals surface area contributed by atoms with Crippen molar-refractivity contribution in [1.29, 1.82) is 0 Å². The Labute approximate surface area is 298 Å². The van der Waals surface area contributed by atoms with Gasteiger partial charge in [0.05, 0.1) is 22.3 Å². The average Bonchev–Trinajstić information content (AvgIpc) is 3.14. The van der Waals surface area contributed by atoms with Crippen LogP contribution in [0.15, 0.2) is 146 Å². The molecule has 0 bridgehead atoms. The predicted octanol–water partition coefficient (Wildman–Crippen LogP) is 6.58. The second-order valence-electron chi connectivity index (χ2n) is 11.0. The smallest absolute Gasteiger partial charge is 0.343 e. The van der Waals surface area contributed by atoms with E-state index in [0.29, 0.717) is 68.0 Å². The average molecular weight is 697 g/mol. The third-order valence-electron chi connectivity index (χ3n) is 7.03. The summed E-state index contributed by atoms with van der Waals surface area (Å²) in [5.74, 6) is -0.702. The lowest BCUT2D eigenvalue weighted by atomic mass is 10.1. The van der Waals surface area contributed by atoms with Crippen molar-refractivity contribution < 1.29 is 38.1 Å². The van der Waals surface area contributed by atoms with Crippen LogP contribution in [0, 0.1) is 0 Å². The molecule has 0 saturated heterocycles. The van der Waals surface area contributed by atoms with Gasteiger partial charge < -0.3 is 41.9 Å². The van der Waals surface area contributed by atoms with Crippen LogP contribution in [0.4, 0.5) is 22.7 Å². The molecule has 0 amide bonds. The Balaban J connectivity index is 0.000000201. The maximum atomic E-state index is 12.1. The van der Waals surface area contributed by atoms with Gasteiger partial charge in [-0.3, -0.25) is 0 Å². The zero-order valence-electron chi connectivity index (χ0n) is 27.4. The molecule has 0 fully saturated rings. The largest absolute Gasteiger partial charge is 0.423 e. The SMILES string of the molecule is Nc1ccc(OC(=O)c2ccc(C(=O)Oc3ccc(N)cc3)cc2)cc1.Nc1cccc(OC(=O)c2ccc(C(=O)Oc3cccc(N)c3)cc2)c1. The standard InChI is InChI=1S/2C20H16N2O4/c21-15-3-1-5-17(11-15)25-19(23)13-7-9-14(10-8-13)20(24)26-18-6-2-4-16(22)12-18;21-15-5-9-17(10-6-15)25-19(23)13-1-2-14(4-3-13)20(24)26-18-11-7-16(22)8-12-18/h2*1-12H,21-22H2. The highest BCUT2D eigenvalue weighted by Gasteiger charge is 2.14. The Morgan fingerprint density at radius 2 is 0.577 bits per heavy atom. The maximum absolute atomic E-state index is 12.1. The molecule has 0 aromatic heterocycles. The highest BCUT2D eigenvalue weighted by molar-refractivity contribution is 5.96. The number of hydrogen-bond donors (Lipinski definition) is 4. The fraction of sp³-hybridized carbons (Fsp3) is 0. The third kappa shape index (κ3) is 10.2. The minimum Gasteiger partial charge on any atom is -0.423 e. The van der Waals surface area contributed by atoms with Crippen molar-refractivity contribution in [1.82, 2.24) is 0 Å². The zero-order valence-corrected chi connectivity index (χ0v) is 27.4. The summed E-state index contributed by atoms with van der Waals surface area (Å²) in [6.07, 6.45) is 0. The van der Waals surface area contributed by atoms with Crippen LogP contribution in [-0.2, 0) is 0 Å². The Morgan fingerprint density at radius 1 is 0.308 bits per heavy atom. The molecule has 0 aliphatic heterocycles. The number of nitrogen functional groups attached to an aromatic ring is 4. The molecule has 0 radical (unpaired) electrons. The van der Waals surface area contributed by atoms with E-state index < -0.39 is 23.9 Å². The quantitative estimate of drug-likeness (QED) is 0.0756. The van der Waals surface area contributed by atoms with E-state index in [0.717, 1.165) is 0 Å². The minimum atomic E-state index is -0.550. The van der Waals surface area contributed by atoms with Crippen LogP contribution in [0.3, 0.4) is 0 Å². The molecular formula is C40H32N4O8. The van der Waals surface area contributed by atoms with Crippen molar-refractivity contribution in [2.75, 3.05) is 22.9 Å². The van der Waals surface area contributed by atoms with Crippen LogP contribution in [-0.4, -0.2) is 23.9 Å². The highest BCUT2D eigenvalue weighted by Crippen LogP contribution is 2.20. The zero-order chi connectivity index (χ0) is 37.0. The summed E-state index contributed by atoms with van der Waals surface area (Å²) in [5.41, 5.74) is 25.8. The summed E-state index contributed by atoms with van der Waals surface area (Å²) in [6, 6.07) is 38.0.